The number of fused-ring (bicyclic) bond motifs is 3. The second kappa shape index (κ2) is 5.16. The van der Waals surface area contributed by atoms with Crippen LogP contribution < -0.4 is 4.90 Å². The molecule has 2 aliphatic rings. The maximum Gasteiger partial charge on any atom is 0.196 e. The van der Waals surface area contributed by atoms with Crippen LogP contribution in [0.15, 0.2) is 35.0 Å². The quantitative estimate of drug-likeness (QED) is 0.685. The highest BCUT2D eigenvalue weighted by molar-refractivity contribution is 6.05. The lowest BCUT2D eigenvalue weighted by molar-refractivity contribution is -0.178. The van der Waals surface area contributed by atoms with Crippen molar-refractivity contribution in [2.75, 3.05) is 24.6 Å². The summed E-state index contributed by atoms with van der Waals surface area (Å²) < 4.78 is 18.0. The van der Waals surface area contributed by atoms with Crippen LogP contribution in [0.25, 0.3) is 22.1 Å². The molecule has 124 valence electrons. The number of furan rings is 1. The fourth-order valence-corrected chi connectivity index (χ4v) is 3.76. The summed E-state index contributed by atoms with van der Waals surface area (Å²) >= 11 is 0. The van der Waals surface area contributed by atoms with E-state index in [1.54, 1.807) is 6.33 Å². The lowest BCUT2D eigenvalue weighted by atomic mass is 10.0. The highest BCUT2D eigenvalue weighted by atomic mass is 16.7. The van der Waals surface area contributed by atoms with Gasteiger partial charge in [-0.15, -0.1) is 0 Å². The van der Waals surface area contributed by atoms with Gasteiger partial charge in [0.2, 0.25) is 0 Å². The Balaban J connectivity index is 1.49. The van der Waals surface area contributed by atoms with Crippen molar-refractivity contribution in [3.63, 3.8) is 0 Å². The molecule has 1 atom stereocenters. The van der Waals surface area contributed by atoms with Crippen molar-refractivity contribution in [3.05, 3.63) is 30.6 Å². The maximum atomic E-state index is 6.04. The Kier molecular flexibility index (Phi) is 3.05. The highest BCUT2D eigenvalue weighted by Gasteiger charge is 2.43. The van der Waals surface area contributed by atoms with E-state index in [2.05, 4.69) is 21.8 Å². The molecule has 0 unspecified atom stereocenters. The zero-order chi connectivity index (χ0) is 16.1. The molecular weight excluding hydrogens is 306 g/mol. The number of anilines is 1. The maximum absolute atomic E-state index is 6.04. The number of piperidine rings is 1. The summed E-state index contributed by atoms with van der Waals surface area (Å²) in [5, 5.41) is 1.03. The molecule has 1 spiro atoms. The van der Waals surface area contributed by atoms with Gasteiger partial charge in [0.05, 0.1) is 12.7 Å². The number of benzene rings is 1. The number of para-hydroxylation sites is 1. The van der Waals surface area contributed by atoms with Crippen molar-refractivity contribution in [1.82, 2.24) is 9.97 Å². The van der Waals surface area contributed by atoms with Gasteiger partial charge in [-0.25, -0.2) is 9.97 Å². The monoisotopic (exact) mass is 325 g/mol. The van der Waals surface area contributed by atoms with Gasteiger partial charge >= 0.3 is 0 Å². The summed E-state index contributed by atoms with van der Waals surface area (Å²) in [5.74, 6) is 0.452. The standard InChI is InChI=1S/C18H19N3O3/c1-12-10-22-18(24-12)6-8-21(9-7-18)17-16-15(19-11-20-17)13-4-2-3-5-14(13)23-16/h2-5,11-12H,6-10H2,1H3/t12-/m1/s1. The molecule has 0 radical (unpaired) electrons. The summed E-state index contributed by atoms with van der Waals surface area (Å²) in [6.45, 7) is 4.40. The molecule has 3 aromatic rings. The minimum absolute atomic E-state index is 0.178. The van der Waals surface area contributed by atoms with Gasteiger partial charge in [-0.1, -0.05) is 12.1 Å². The Morgan fingerprint density at radius 3 is 2.79 bits per heavy atom. The van der Waals surface area contributed by atoms with Crippen LogP contribution >= 0.6 is 0 Å². The van der Waals surface area contributed by atoms with E-state index in [-0.39, 0.29) is 6.10 Å². The molecule has 0 N–H and O–H groups in total. The third-order valence-corrected chi connectivity index (χ3v) is 4.96. The van der Waals surface area contributed by atoms with E-state index in [0.717, 1.165) is 53.8 Å². The predicted octanol–water partition coefficient (Wildman–Crippen LogP) is 3.11. The molecule has 0 saturated carbocycles. The molecule has 0 bridgehead atoms. The minimum Gasteiger partial charge on any atom is -0.450 e. The van der Waals surface area contributed by atoms with Gasteiger partial charge in [0.25, 0.3) is 0 Å². The molecule has 0 aliphatic carbocycles. The van der Waals surface area contributed by atoms with E-state index >= 15 is 0 Å². The van der Waals surface area contributed by atoms with Gasteiger partial charge in [-0.05, 0) is 19.1 Å². The molecule has 6 nitrogen and oxygen atoms in total. The van der Waals surface area contributed by atoms with E-state index in [4.69, 9.17) is 13.9 Å². The first-order chi connectivity index (χ1) is 11.7. The van der Waals surface area contributed by atoms with Crippen molar-refractivity contribution >= 4 is 27.9 Å². The third-order valence-electron chi connectivity index (χ3n) is 4.96. The Labute approximate surface area is 139 Å². The van der Waals surface area contributed by atoms with Crippen LogP contribution in [0.1, 0.15) is 19.8 Å². The molecular formula is C18H19N3O3. The van der Waals surface area contributed by atoms with Crippen LogP contribution in [0.3, 0.4) is 0 Å². The first-order valence-electron chi connectivity index (χ1n) is 8.43. The summed E-state index contributed by atoms with van der Waals surface area (Å²) in [5.41, 5.74) is 2.48. The molecule has 2 aliphatic heterocycles. The van der Waals surface area contributed by atoms with Gasteiger partial charge < -0.3 is 18.8 Å². The number of aromatic nitrogens is 2. The number of hydrogen-bond donors (Lipinski definition) is 0. The van der Waals surface area contributed by atoms with Gasteiger partial charge in [-0.3, -0.25) is 0 Å². The highest BCUT2D eigenvalue weighted by Crippen LogP contribution is 2.37. The second-order valence-electron chi connectivity index (χ2n) is 6.61. The molecule has 6 heteroatoms. The molecule has 4 heterocycles. The number of nitrogens with zero attached hydrogens (tertiary/aromatic N) is 3. The third kappa shape index (κ3) is 2.10. The minimum atomic E-state index is -0.407. The first kappa shape index (κ1) is 14.2. The normalized spacial score (nSPS) is 23.5. The van der Waals surface area contributed by atoms with Crippen LogP contribution in [-0.4, -0.2) is 41.6 Å². The lowest BCUT2D eigenvalue weighted by Crippen LogP contribution is -2.45. The molecule has 2 aromatic heterocycles. The predicted molar refractivity (Wildman–Crippen MR) is 90.0 cm³/mol. The van der Waals surface area contributed by atoms with E-state index in [1.165, 1.54) is 0 Å². The van der Waals surface area contributed by atoms with Crippen molar-refractivity contribution in [2.24, 2.45) is 0 Å². The van der Waals surface area contributed by atoms with E-state index in [9.17, 15) is 0 Å². The smallest absolute Gasteiger partial charge is 0.196 e. The Morgan fingerprint density at radius 1 is 1.17 bits per heavy atom. The first-order valence-corrected chi connectivity index (χ1v) is 8.43. The van der Waals surface area contributed by atoms with Crippen LogP contribution in [-0.2, 0) is 9.47 Å². The zero-order valence-electron chi connectivity index (χ0n) is 13.6. The molecule has 1 aromatic carbocycles. The molecule has 2 fully saturated rings. The van der Waals surface area contributed by atoms with Gasteiger partial charge in [0.15, 0.2) is 17.2 Å². The molecule has 0 amide bonds. The summed E-state index contributed by atoms with van der Waals surface area (Å²) in [6.07, 6.45) is 3.47. The second-order valence-corrected chi connectivity index (χ2v) is 6.61. The van der Waals surface area contributed by atoms with Crippen molar-refractivity contribution in [1.29, 1.82) is 0 Å². The summed E-state index contributed by atoms with van der Waals surface area (Å²) in [6, 6.07) is 7.97. The molecule has 5 rings (SSSR count). The van der Waals surface area contributed by atoms with Gasteiger partial charge in [0, 0.05) is 31.3 Å². The lowest BCUT2D eigenvalue weighted by Gasteiger charge is -2.38. The van der Waals surface area contributed by atoms with E-state index in [0.29, 0.717) is 6.61 Å². The topological polar surface area (TPSA) is 60.6 Å². The Bertz CT molecular complexity index is 899. The van der Waals surface area contributed by atoms with Crippen LogP contribution in [0.5, 0.6) is 0 Å². The van der Waals surface area contributed by atoms with E-state index < -0.39 is 5.79 Å². The van der Waals surface area contributed by atoms with Crippen molar-refractivity contribution in [2.45, 2.75) is 31.7 Å². The molecule has 2 saturated heterocycles. The number of ether oxygens (including phenoxy) is 2. The van der Waals surface area contributed by atoms with Gasteiger partial charge in [-0.2, -0.15) is 0 Å². The molecule has 24 heavy (non-hydrogen) atoms. The SMILES string of the molecule is C[C@@H]1COC2(CCN(c3ncnc4c3oc3ccccc34)CC2)O1. The summed E-state index contributed by atoms with van der Waals surface area (Å²) in [7, 11) is 0. The van der Waals surface area contributed by atoms with Crippen LogP contribution in [0.4, 0.5) is 5.82 Å². The number of hydrogen-bond acceptors (Lipinski definition) is 6. The van der Waals surface area contributed by atoms with E-state index in [1.807, 2.05) is 24.3 Å². The average Bonchev–Trinajstić information content (AvgIpc) is 3.16. The Morgan fingerprint density at radius 2 is 2.00 bits per heavy atom. The van der Waals surface area contributed by atoms with Crippen LogP contribution in [0, 0.1) is 0 Å². The summed E-state index contributed by atoms with van der Waals surface area (Å²) in [4.78, 5) is 11.2. The van der Waals surface area contributed by atoms with Gasteiger partial charge in [0.1, 0.15) is 17.4 Å². The zero-order valence-corrected chi connectivity index (χ0v) is 13.6. The average molecular weight is 325 g/mol. The fourth-order valence-electron chi connectivity index (χ4n) is 3.76. The van der Waals surface area contributed by atoms with Crippen molar-refractivity contribution in [3.8, 4) is 0 Å². The van der Waals surface area contributed by atoms with Crippen LogP contribution in [0.2, 0.25) is 0 Å². The Hall–Kier alpha value is -2.18. The van der Waals surface area contributed by atoms with Crippen molar-refractivity contribution < 1.29 is 13.9 Å². The number of rotatable bonds is 1. The largest absolute Gasteiger partial charge is 0.450 e. The fraction of sp³-hybridized carbons (Fsp3) is 0.444.